The zero-order valence-corrected chi connectivity index (χ0v) is 15.8. The van der Waals surface area contributed by atoms with Crippen molar-refractivity contribution < 1.29 is 13.3 Å². The Hall–Kier alpha value is -0.970. The lowest BCUT2D eigenvalue weighted by molar-refractivity contribution is -0.387. The van der Waals surface area contributed by atoms with E-state index in [0.29, 0.717) is 13.1 Å². The van der Waals surface area contributed by atoms with Crippen molar-refractivity contribution in [1.29, 1.82) is 0 Å². The molecule has 1 unspecified atom stereocenters. The molecule has 2 heterocycles. The summed E-state index contributed by atoms with van der Waals surface area (Å²) < 4.78 is 27.1. The van der Waals surface area contributed by atoms with Gasteiger partial charge in [0.1, 0.15) is 0 Å². The monoisotopic (exact) mass is 410 g/mol. The summed E-state index contributed by atoms with van der Waals surface area (Å²) in [7, 11) is -3.94. The summed E-state index contributed by atoms with van der Waals surface area (Å²) in [6, 6.07) is 3.78. The van der Waals surface area contributed by atoms with Crippen LogP contribution in [-0.2, 0) is 10.0 Å². The van der Waals surface area contributed by atoms with Crippen LogP contribution in [0.4, 0.5) is 5.69 Å². The van der Waals surface area contributed by atoms with Crippen LogP contribution in [0.15, 0.2) is 23.1 Å². The highest BCUT2D eigenvalue weighted by atomic mass is 35.5. The molecular weight excluding hydrogens is 391 g/mol. The van der Waals surface area contributed by atoms with Crippen LogP contribution in [0.1, 0.15) is 6.42 Å². The molecule has 1 aromatic rings. The van der Waals surface area contributed by atoms with E-state index in [0.717, 1.165) is 44.7 Å². The van der Waals surface area contributed by atoms with Crippen LogP contribution in [-0.4, -0.2) is 67.9 Å². The van der Waals surface area contributed by atoms with E-state index in [1.54, 1.807) is 0 Å². The molecule has 3 rings (SSSR count). The van der Waals surface area contributed by atoms with E-state index in [9.17, 15) is 18.5 Å². The molecule has 140 valence electrons. The highest BCUT2D eigenvalue weighted by Crippen LogP contribution is 2.31. The Kier molecular flexibility index (Phi) is 6.63. The molecule has 8 nitrogen and oxygen atoms in total. The number of halogens is 2. The van der Waals surface area contributed by atoms with Gasteiger partial charge in [-0.15, -0.1) is 12.4 Å². The number of piperazine rings is 1. The minimum Gasteiger partial charge on any atom is -0.314 e. The van der Waals surface area contributed by atoms with E-state index in [1.165, 1.54) is 10.4 Å². The van der Waals surface area contributed by atoms with Crippen molar-refractivity contribution in [2.45, 2.75) is 17.4 Å². The Morgan fingerprint density at radius 3 is 2.56 bits per heavy atom. The number of sulfonamides is 1. The van der Waals surface area contributed by atoms with Crippen LogP contribution in [0, 0.1) is 10.1 Å². The summed E-state index contributed by atoms with van der Waals surface area (Å²) in [6.45, 7) is 4.27. The maximum atomic E-state index is 12.9. The lowest BCUT2D eigenvalue weighted by atomic mass is 10.2. The topological polar surface area (TPSA) is 95.8 Å². The van der Waals surface area contributed by atoms with Gasteiger partial charge in [0, 0.05) is 56.4 Å². The second-order valence-electron chi connectivity index (χ2n) is 5.96. The number of nitrogens with one attached hydrogen (secondary N) is 1. The highest BCUT2D eigenvalue weighted by molar-refractivity contribution is 7.89. The second-order valence-corrected chi connectivity index (χ2v) is 8.30. The molecule has 2 saturated heterocycles. The molecule has 0 bridgehead atoms. The third-order valence-corrected chi connectivity index (χ3v) is 6.66. The minimum atomic E-state index is -3.94. The van der Waals surface area contributed by atoms with Gasteiger partial charge in [-0.05, 0) is 18.6 Å². The minimum absolute atomic E-state index is 0. The largest absolute Gasteiger partial charge is 0.314 e. The van der Waals surface area contributed by atoms with E-state index < -0.39 is 20.6 Å². The predicted octanol–water partition coefficient (Wildman–Crippen LogP) is 1.34. The number of hydrogen-bond donors (Lipinski definition) is 1. The first-order chi connectivity index (χ1) is 11.4. The van der Waals surface area contributed by atoms with E-state index in [4.69, 9.17) is 11.6 Å². The molecule has 25 heavy (non-hydrogen) atoms. The molecule has 1 atom stereocenters. The van der Waals surface area contributed by atoms with Gasteiger partial charge in [0.05, 0.1) is 4.92 Å². The molecule has 1 N–H and O–H groups in total. The van der Waals surface area contributed by atoms with E-state index in [1.807, 2.05) is 0 Å². The fraction of sp³-hybridized carbons (Fsp3) is 0.571. The van der Waals surface area contributed by atoms with Gasteiger partial charge in [-0.3, -0.25) is 15.0 Å². The molecule has 2 aliphatic rings. The van der Waals surface area contributed by atoms with Crippen LogP contribution in [0.25, 0.3) is 0 Å². The molecular formula is C14H20Cl2N4O4S. The Balaban J connectivity index is 0.00000225. The van der Waals surface area contributed by atoms with Gasteiger partial charge in [-0.25, -0.2) is 8.42 Å². The summed E-state index contributed by atoms with van der Waals surface area (Å²) in [4.78, 5) is 12.4. The maximum absolute atomic E-state index is 12.9. The van der Waals surface area contributed by atoms with Gasteiger partial charge in [0.2, 0.25) is 10.0 Å². The number of hydrogen-bond acceptors (Lipinski definition) is 6. The first kappa shape index (κ1) is 20.3. The van der Waals surface area contributed by atoms with Crippen molar-refractivity contribution in [2.24, 2.45) is 0 Å². The number of nitrogens with zero attached hydrogens (tertiary/aromatic N) is 3. The molecule has 2 fully saturated rings. The molecule has 0 aliphatic carbocycles. The molecule has 0 saturated carbocycles. The average Bonchev–Trinajstić information content (AvgIpc) is 3.06. The molecule has 1 aromatic carbocycles. The molecule has 0 radical (unpaired) electrons. The van der Waals surface area contributed by atoms with Gasteiger partial charge >= 0.3 is 0 Å². The number of nitro benzene ring substituents is 1. The van der Waals surface area contributed by atoms with Gasteiger partial charge in [0.25, 0.3) is 5.69 Å². The third kappa shape index (κ3) is 4.24. The molecule has 0 spiro atoms. The number of rotatable bonds is 4. The fourth-order valence-electron chi connectivity index (χ4n) is 3.26. The van der Waals surface area contributed by atoms with Gasteiger partial charge in [0.15, 0.2) is 4.90 Å². The van der Waals surface area contributed by atoms with Crippen LogP contribution in [0.3, 0.4) is 0 Å². The number of benzene rings is 1. The van der Waals surface area contributed by atoms with E-state index in [2.05, 4.69) is 10.2 Å². The Morgan fingerprint density at radius 1 is 1.24 bits per heavy atom. The van der Waals surface area contributed by atoms with Crippen molar-refractivity contribution in [2.75, 3.05) is 39.3 Å². The maximum Gasteiger partial charge on any atom is 0.289 e. The zero-order chi connectivity index (χ0) is 17.3. The Labute approximate surface area is 157 Å². The van der Waals surface area contributed by atoms with Crippen LogP contribution >= 0.6 is 24.0 Å². The van der Waals surface area contributed by atoms with E-state index >= 15 is 0 Å². The molecule has 2 aliphatic heterocycles. The molecule has 0 aromatic heterocycles. The van der Waals surface area contributed by atoms with Crippen molar-refractivity contribution in [3.63, 3.8) is 0 Å². The summed E-state index contributed by atoms with van der Waals surface area (Å²) >= 11 is 5.86. The standard InChI is InChI=1S/C14H19ClN4O4S.ClH/c15-11-1-2-13(19(20)21)14(9-11)24(22,23)18-6-3-12(10-18)17-7-4-16-5-8-17;/h1-2,9,12,16H,3-8,10H2;1H. The lowest BCUT2D eigenvalue weighted by Crippen LogP contribution is -2.49. The summed E-state index contributed by atoms with van der Waals surface area (Å²) in [6.07, 6.45) is 0.730. The normalized spacial score (nSPS) is 22.5. The van der Waals surface area contributed by atoms with E-state index in [-0.39, 0.29) is 28.4 Å². The van der Waals surface area contributed by atoms with Crippen molar-refractivity contribution in [3.05, 3.63) is 33.3 Å². The SMILES string of the molecule is Cl.O=[N+]([O-])c1ccc(Cl)cc1S(=O)(=O)N1CCC(N2CCNCC2)C1. The zero-order valence-electron chi connectivity index (χ0n) is 13.4. The van der Waals surface area contributed by atoms with Gasteiger partial charge in [-0.2, -0.15) is 4.31 Å². The average molecular weight is 411 g/mol. The van der Waals surface area contributed by atoms with Crippen LogP contribution < -0.4 is 5.32 Å². The van der Waals surface area contributed by atoms with Gasteiger partial charge < -0.3 is 5.32 Å². The molecule has 11 heteroatoms. The summed E-state index contributed by atoms with van der Waals surface area (Å²) in [5.74, 6) is 0. The summed E-state index contributed by atoms with van der Waals surface area (Å²) in [5.41, 5.74) is -0.440. The smallest absolute Gasteiger partial charge is 0.289 e. The van der Waals surface area contributed by atoms with Crippen LogP contribution in [0.2, 0.25) is 5.02 Å². The Morgan fingerprint density at radius 2 is 1.92 bits per heavy atom. The number of nitro groups is 1. The van der Waals surface area contributed by atoms with Crippen molar-refractivity contribution in [1.82, 2.24) is 14.5 Å². The fourth-order valence-corrected chi connectivity index (χ4v) is 5.17. The lowest BCUT2D eigenvalue weighted by Gasteiger charge is -2.32. The highest BCUT2D eigenvalue weighted by Gasteiger charge is 2.38. The van der Waals surface area contributed by atoms with Crippen molar-refractivity contribution in [3.8, 4) is 0 Å². The second kappa shape index (κ2) is 8.15. The van der Waals surface area contributed by atoms with Crippen molar-refractivity contribution >= 4 is 39.7 Å². The predicted molar refractivity (Wildman–Crippen MR) is 97.0 cm³/mol. The first-order valence-electron chi connectivity index (χ1n) is 7.78. The van der Waals surface area contributed by atoms with Gasteiger partial charge in [-0.1, -0.05) is 11.6 Å². The third-order valence-electron chi connectivity index (χ3n) is 4.53. The first-order valence-corrected chi connectivity index (χ1v) is 9.60. The van der Waals surface area contributed by atoms with Crippen LogP contribution in [0.5, 0.6) is 0 Å². The summed E-state index contributed by atoms with van der Waals surface area (Å²) in [5, 5.41) is 14.6. The molecule has 0 amide bonds. The Bertz CT molecular complexity index is 740. The quantitative estimate of drug-likeness (QED) is 0.594.